The monoisotopic (exact) mass is 204 g/mol. The number of hydrogen-bond donors (Lipinski definition) is 0. The summed E-state index contributed by atoms with van der Waals surface area (Å²) in [4.78, 5) is 6.77. The summed E-state index contributed by atoms with van der Waals surface area (Å²) in [6.07, 6.45) is 6.53. The van der Waals surface area contributed by atoms with Gasteiger partial charge in [-0.25, -0.2) is 0 Å². The van der Waals surface area contributed by atoms with Crippen molar-refractivity contribution >= 4 is 0 Å². The summed E-state index contributed by atoms with van der Waals surface area (Å²) in [7, 11) is 0. The molecule has 0 aromatic carbocycles. The molecule has 1 aliphatic heterocycles. The van der Waals surface area contributed by atoms with Crippen LogP contribution in [0.4, 0.5) is 0 Å². The van der Waals surface area contributed by atoms with E-state index in [4.69, 9.17) is 0 Å². The molecule has 1 fully saturated rings. The molecule has 0 spiro atoms. The van der Waals surface area contributed by atoms with Crippen molar-refractivity contribution in [1.82, 2.24) is 9.88 Å². The third-order valence-corrected chi connectivity index (χ3v) is 3.29. The van der Waals surface area contributed by atoms with Gasteiger partial charge >= 0.3 is 0 Å². The lowest BCUT2D eigenvalue weighted by Gasteiger charge is -2.27. The lowest BCUT2D eigenvalue weighted by atomic mass is 10.0. The Hall–Kier alpha value is -0.890. The first-order valence-electron chi connectivity index (χ1n) is 5.90. The minimum Gasteiger partial charge on any atom is -0.296 e. The third kappa shape index (κ3) is 2.57. The number of aromatic nitrogens is 1. The summed E-state index contributed by atoms with van der Waals surface area (Å²) in [5, 5.41) is 0. The summed E-state index contributed by atoms with van der Waals surface area (Å²) in [6, 6.07) is 4.96. The molecule has 0 radical (unpaired) electrons. The van der Waals surface area contributed by atoms with E-state index in [2.05, 4.69) is 29.8 Å². The lowest BCUT2D eigenvalue weighted by Crippen LogP contribution is -2.32. The Morgan fingerprint density at radius 2 is 2.40 bits per heavy atom. The van der Waals surface area contributed by atoms with Gasteiger partial charge in [0, 0.05) is 25.0 Å². The molecule has 0 aliphatic carbocycles. The molecule has 1 aromatic heterocycles. The van der Waals surface area contributed by atoms with E-state index in [1.54, 1.807) is 0 Å². The fraction of sp³-hybridized carbons (Fsp3) is 0.615. The van der Waals surface area contributed by atoms with Crippen LogP contribution in [0, 0.1) is 5.92 Å². The molecule has 15 heavy (non-hydrogen) atoms. The van der Waals surface area contributed by atoms with Crippen LogP contribution in [0.1, 0.15) is 32.3 Å². The average Bonchev–Trinajstić information content (AvgIpc) is 2.67. The maximum absolute atomic E-state index is 4.17. The van der Waals surface area contributed by atoms with Gasteiger partial charge in [0.25, 0.3) is 0 Å². The molecule has 0 saturated carbocycles. The second-order valence-electron chi connectivity index (χ2n) is 4.79. The van der Waals surface area contributed by atoms with Crippen LogP contribution in [-0.2, 0) is 6.54 Å². The number of likely N-dealkylation sites (tertiary alicyclic amines) is 1. The molecule has 1 atom stereocenters. The topological polar surface area (TPSA) is 16.1 Å². The number of hydrogen-bond acceptors (Lipinski definition) is 2. The molecule has 0 bridgehead atoms. The standard InChI is InChI=1S/C13H20N2/c1-11(2)13-6-4-8-15(13)10-12-5-3-7-14-9-12/h3,5,7,9,11,13H,4,6,8,10H2,1-2H3. The molecule has 1 unspecified atom stereocenters. The molecule has 1 aromatic rings. The minimum atomic E-state index is 0.768. The van der Waals surface area contributed by atoms with Gasteiger partial charge in [0.1, 0.15) is 0 Å². The normalized spacial score (nSPS) is 22.5. The fourth-order valence-corrected chi connectivity index (χ4v) is 2.53. The van der Waals surface area contributed by atoms with Crippen LogP contribution in [0.3, 0.4) is 0 Å². The Kier molecular flexibility index (Phi) is 3.37. The first-order valence-corrected chi connectivity index (χ1v) is 5.90. The van der Waals surface area contributed by atoms with Crippen LogP contribution in [-0.4, -0.2) is 22.5 Å². The third-order valence-electron chi connectivity index (χ3n) is 3.29. The van der Waals surface area contributed by atoms with E-state index in [0.29, 0.717) is 0 Å². The molecule has 82 valence electrons. The molecule has 2 nitrogen and oxygen atoms in total. The van der Waals surface area contributed by atoms with Gasteiger partial charge in [-0.05, 0) is 36.9 Å². The van der Waals surface area contributed by atoms with Crippen molar-refractivity contribution < 1.29 is 0 Å². The van der Waals surface area contributed by atoms with E-state index >= 15 is 0 Å². The van der Waals surface area contributed by atoms with Crippen molar-refractivity contribution in [2.24, 2.45) is 5.92 Å². The number of nitrogens with zero attached hydrogens (tertiary/aromatic N) is 2. The van der Waals surface area contributed by atoms with E-state index in [9.17, 15) is 0 Å². The van der Waals surface area contributed by atoms with Crippen molar-refractivity contribution in [1.29, 1.82) is 0 Å². The van der Waals surface area contributed by atoms with Crippen molar-refractivity contribution in [2.45, 2.75) is 39.3 Å². The van der Waals surface area contributed by atoms with Gasteiger partial charge in [0.15, 0.2) is 0 Å². The van der Waals surface area contributed by atoms with Crippen LogP contribution in [0.5, 0.6) is 0 Å². The van der Waals surface area contributed by atoms with Gasteiger partial charge < -0.3 is 0 Å². The largest absolute Gasteiger partial charge is 0.296 e. The second-order valence-corrected chi connectivity index (χ2v) is 4.79. The maximum atomic E-state index is 4.17. The summed E-state index contributed by atoms with van der Waals surface area (Å²) in [5.74, 6) is 0.768. The summed E-state index contributed by atoms with van der Waals surface area (Å²) < 4.78 is 0. The van der Waals surface area contributed by atoms with Gasteiger partial charge in [-0.1, -0.05) is 19.9 Å². The number of pyridine rings is 1. The molecule has 2 heteroatoms. The Balaban J connectivity index is 2.00. The highest BCUT2D eigenvalue weighted by Crippen LogP contribution is 2.25. The highest BCUT2D eigenvalue weighted by Gasteiger charge is 2.26. The van der Waals surface area contributed by atoms with Gasteiger partial charge in [0.2, 0.25) is 0 Å². The van der Waals surface area contributed by atoms with E-state index in [0.717, 1.165) is 18.5 Å². The van der Waals surface area contributed by atoms with Crippen LogP contribution in [0.2, 0.25) is 0 Å². The van der Waals surface area contributed by atoms with Gasteiger partial charge in [-0.3, -0.25) is 9.88 Å². The van der Waals surface area contributed by atoms with Crippen molar-refractivity contribution in [3.05, 3.63) is 30.1 Å². The first kappa shape index (κ1) is 10.6. The summed E-state index contributed by atoms with van der Waals surface area (Å²) in [5.41, 5.74) is 1.34. The van der Waals surface area contributed by atoms with Crippen molar-refractivity contribution in [3.8, 4) is 0 Å². The minimum absolute atomic E-state index is 0.768. The van der Waals surface area contributed by atoms with E-state index in [1.807, 2.05) is 18.5 Å². The Bertz CT molecular complexity index is 295. The quantitative estimate of drug-likeness (QED) is 0.752. The molecular formula is C13H20N2. The highest BCUT2D eigenvalue weighted by molar-refractivity contribution is 5.08. The predicted octanol–water partition coefficient (Wildman–Crippen LogP) is 2.70. The van der Waals surface area contributed by atoms with E-state index < -0.39 is 0 Å². The Labute approximate surface area is 92.3 Å². The number of rotatable bonds is 3. The van der Waals surface area contributed by atoms with Gasteiger partial charge in [-0.15, -0.1) is 0 Å². The van der Waals surface area contributed by atoms with Crippen LogP contribution >= 0.6 is 0 Å². The molecule has 2 rings (SSSR count). The molecule has 0 N–H and O–H groups in total. The molecule has 0 amide bonds. The first-order chi connectivity index (χ1) is 7.27. The van der Waals surface area contributed by atoms with Crippen LogP contribution < -0.4 is 0 Å². The molecular weight excluding hydrogens is 184 g/mol. The lowest BCUT2D eigenvalue weighted by molar-refractivity contribution is 0.198. The Morgan fingerprint density at radius 3 is 3.07 bits per heavy atom. The molecule has 2 heterocycles. The summed E-state index contributed by atoms with van der Waals surface area (Å²) >= 11 is 0. The zero-order chi connectivity index (χ0) is 10.7. The van der Waals surface area contributed by atoms with Crippen molar-refractivity contribution in [2.75, 3.05) is 6.54 Å². The maximum Gasteiger partial charge on any atom is 0.0312 e. The zero-order valence-corrected chi connectivity index (χ0v) is 9.69. The van der Waals surface area contributed by atoms with E-state index in [1.165, 1.54) is 24.9 Å². The van der Waals surface area contributed by atoms with E-state index in [-0.39, 0.29) is 0 Å². The highest BCUT2D eigenvalue weighted by atomic mass is 15.2. The average molecular weight is 204 g/mol. The SMILES string of the molecule is CC(C)C1CCCN1Cc1cccnc1. The fourth-order valence-electron chi connectivity index (χ4n) is 2.53. The smallest absolute Gasteiger partial charge is 0.0312 e. The molecule has 1 aliphatic rings. The Morgan fingerprint density at radius 1 is 1.53 bits per heavy atom. The second kappa shape index (κ2) is 4.75. The van der Waals surface area contributed by atoms with Gasteiger partial charge in [-0.2, -0.15) is 0 Å². The summed E-state index contributed by atoms with van der Waals surface area (Å²) in [6.45, 7) is 6.97. The van der Waals surface area contributed by atoms with Gasteiger partial charge in [0.05, 0.1) is 0 Å². The van der Waals surface area contributed by atoms with Crippen LogP contribution in [0.15, 0.2) is 24.5 Å². The predicted molar refractivity (Wildman–Crippen MR) is 62.5 cm³/mol. The molecule has 1 saturated heterocycles. The zero-order valence-electron chi connectivity index (χ0n) is 9.69. The van der Waals surface area contributed by atoms with Crippen molar-refractivity contribution in [3.63, 3.8) is 0 Å². The van der Waals surface area contributed by atoms with Crippen LogP contribution in [0.25, 0.3) is 0 Å².